The predicted octanol–water partition coefficient (Wildman–Crippen LogP) is 2.39. The number of piperazine rings is 1. The summed E-state index contributed by atoms with van der Waals surface area (Å²) >= 11 is 0. The molecule has 3 heterocycles. The summed E-state index contributed by atoms with van der Waals surface area (Å²) in [6, 6.07) is 14.5. The summed E-state index contributed by atoms with van der Waals surface area (Å²) in [5.74, 6) is 1.21. The monoisotopic (exact) mass is 419 g/mol. The molecule has 1 aliphatic heterocycles. The van der Waals surface area contributed by atoms with E-state index in [9.17, 15) is 4.79 Å². The van der Waals surface area contributed by atoms with Crippen LogP contribution in [-0.2, 0) is 4.79 Å². The zero-order valence-corrected chi connectivity index (χ0v) is 18.1. The molecule has 162 valence electrons. The van der Waals surface area contributed by atoms with Gasteiger partial charge in [-0.05, 0) is 43.8 Å². The maximum Gasteiger partial charge on any atom is 0.223 e. The minimum atomic E-state index is 0.221. The number of carbonyl (C=O) groups excluding carboxylic acids is 1. The summed E-state index contributed by atoms with van der Waals surface area (Å²) in [5.41, 5.74) is 2.19. The maximum absolute atomic E-state index is 12.7. The zero-order chi connectivity index (χ0) is 21.6. The van der Waals surface area contributed by atoms with E-state index in [2.05, 4.69) is 51.0 Å². The Bertz CT molecular complexity index is 951. The van der Waals surface area contributed by atoms with Crippen molar-refractivity contribution in [1.29, 1.82) is 0 Å². The van der Waals surface area contributed by atoms with Crippen molar-refractivity contribution in [1.82, 2.24) is 29.5 Å². The molecule has 0 bridgehead atoms. The Morgan fingerprint density at radius 3 is 2.52 bits per heavy atom. The number of hydrogen-bond acceptors (Lipinski definition) is 6. The molecule has 1 aromatic carbocycles. The molecule has 4 rings (SSSR count). The fourth-order valence-corrected chi connectivity index (χ4v) is 3.85. The topological polar surface area (TPSA) is 70.4 Å². The van der Waals surface area contributed by atoms with Gasteiger partial charge in [-0.3, -0.25) is 9.69 Å². The van der Waals surface area contributed by atoms with Crippen molar-refractivity contribution < 1.29 is 4.79 Å². The van der Waals surface area contributed by atoms with E-state index in [4.69, 9.17) is 0 Å². The quantitative estimate of drug-likeness (QED) is 0.586. The average molecular weight is 420 g/mol. The van der Waals surface area contributed by atoms with Crippen molar-refractivity contribution in [2.45, 2.75) is 19.4 Å². The van der Waals surface area contributed by atoms with Crippen molar-refractivity contribution in [2.24, 2.45) is 0 Å². The van der Waals surface area contributed by atoms with Gasteiger partial charge in [0.05, 0.1) is 5.69 Å². The first-order chi connectivity index (χ1) is 15.1. The molecular weight excluding hydrogens is 390 g/mol. The van der Waals surface area contributed by atoms with Crippen LogP contribution in [0.25, 0.3) is 5.69 Å². The van der Waals surface area contributed by atoms with Crippen LogP contribution >= 0.6 is 0 Å². The number of aromatic nitrogens is 4. The molecule has 1 amide bonds. The maximum atomic E-state index is 12.7. The van der Waals surface area contributed by atoms with Gasteiger partial charge in [0.15, 0.2) is 0 Å². The first-order valence-electron chi connectivity index (χ1n) is 10.7. The lowest BCUT2D eigenvalue weighted by Gasteiger charge is -2.36. The second-order valence-electron chi connectivity index (χ2n) is 7.89. The summed E-state index contributed by atoms with van der Waals surface area (Å²) in [6.45, 7) is 6.04. The standard InChI is InChI=1S/C23H29N7O/c1-19(20-6-8-21(9-7-20)30-18-24-17-26-30)27(2)12-10-23(31)29-15-13-28(14-16-29)22-5-3-4-11-25-22/h3-9,11,17-19H,10,12-16H2,1-2H3. The minimum Gasteiger partial charge on any atom is -0.353 e. The van der Waals surface area contributed by atoms with Crippen molar-refractivity contribution in [3.05, 3.63) is 66.9 Å². The molecule has 1 saturated heterocycles. The molecule has 0 N–H and O–H groups in total. The van der Waals surface area contributed by atoms with Gasteiger partial charge in [0.2, 0.25) is 5.91 Å². The fraction of sp³-hybridized carbons (Fsp3) is 0.391. The molecule has 1 unspecified atom stereocenters. The molecular formula is C23H29N7O. The van der Waals surface area contributed by atoms with E-state index in [1.54, 1.807) is 11.0 Å². The Balaban J connectivity index is 1.24. The fourth-order valence-electron chi connectivity index (χ4n) is 3.85. The van der Waals surface area contributed by atoms with Crippen molar-refractivity contribution in [3.63, 3.8) is 0 Å². The third-order valence-corrected chi connectivity index (χ3v) is 6.00. The van der Waals surface area contributed by atoms with Crippen molar-refractivity contribution >= 4 is 11.7 Å². The van der Waals surface area contributed by atoms with Gasteiger partial charge in [-0.15, -0.1) is 0 Å². The van der Waals surface area contributed by atoms with E-state index in [-0.39, 0.29) is 11.9 Å². The molecule has 8 nitrogen and oxygen atoms in total. The van der Waals surface area contributed by atoms with Crippen LogP contribution in [0, 0.1) is 0 Å². The van der Waals surface area contributed by atoms with Crippen LogP contribution in [-0.4, -0.2) is 75.2 Å². The van der Waals surface area contributed by atoms with Gasteiger partial charge in [0.25, 0.3) is 0 Å². The van der Waals surface area contributed by atoms with E-state index >= 15 is 0 Å². The Hall–Kier alpha value is -3.26. The third-order valence-electron chi connectivity index (χ3n) is 6.00. The van der Waals surface area contributed by atoms with Crippen LogP contribution in [0.15, 0.2) is 61.3 Å². The number of pyridine rings is 1. The zero-order valence-electron chi connectivity index (χ0n) is 18.1. The average Bonchev–Trinajstić information content (AvgIpc) is 3.38. The molecule has 1 aliphatic rings. The van der Waals surface area contributed by atoms with E-state index in [1.165, 1.54) is 11.9 Å². The molecule has 1 fully saturated rings. The Labute approximate surface area is 183 Å². The molecule has 0 aliphatic carbocycles. The van der Waals surface area contributed by atoms with E-state index < -0.39 is 0 Å². The molecule has 1 atom stereocenters. The minimum absolute atomic E-state index is 0.221. The van der Waals surface area contributed by atoms with Crippen LogP contribution in [0.3, 0.4) is 0 Å². The lowest BCUT2D eigenvalue weighted by molar-refractivity contribution is -0.131. The Kier molecular flexibility index (Phi) is 6.57. The van der Waals surface area contributed by atoms with Gasteiger partial charge in [-0.2, -0.15) is 5.10 Å². The number of hydrogen-bond donors (Lipinski definition) is 0. The van der Waals surface area contributed by atoms with Crippen molar-refractivity contribution in [3.8, 4) is 5.69 Å². The second-order valence-corrected chi connectivity index (χ2v) is 7.89. The molecule has 0 radical (unpaired) electrons. The van der Waals surface area contributed by atoms with E-state index in [1.807, 2.05) is 41.4 Å². The molecule has 2 aromatic heterocycles. The number of benzene rings is 1. The number of nitrogens with zero attached hydrogens (tertiary/aromatic N) is 7. The number of rotatable bonds is 7. The molecule has 8 heteroatoms. The molecule has 31 heavy (non-hydrogen) atoms. The van der Waals surface area contributed by atoms with Gasteiger partial charge in [0.1, 0.15) is 18.5 Å². The van der Waals surface area contributed by atoms with E-state index in [0.717, 1.165) is 44.2 Å². The van der Waals surface area contributed by atoms with Gasteiger partial charge < -0.3 is 9.80 Å². The van der Waals surface area contributed by atoms with Gasteiger partial charge in [-0.1, -0.05) is 18.2 Å². The molecule has 3 aromatic rings. The van der Waals surface area contributed by atoms with Crippen LogP contribution in [0.2, 0.25) is 0 Å². The van der Waals surface area contributed by atoms with Crippen LogP contribution < -0.4 is 4.90 Å². The number of anilines is 1. The first kappa shape index (κ1) is 21.0. The van der Waals surface area contributed by atoms with Crippen LogP contribution in [0.1, 0.15) is 24.9 Å². The highest BCUT2D eigenvalue weighted by Gasteiger charge is 2.22. The molecule has 0 spiro atoms. The summed E-state index contributed by atoms with van der Waals surface area (Å²) < 4.78 is 1.74. The second kappa shape index (κ2) is 9.70. The Morgan fingerprint density at radius 1 is 1.10 bits per heavy atom. The van der Waals surface area contributed by atoms with Gasteiger partial charge in [0, 0.05) is 51.4 Å². The highest BCUT2D eigenvalue weighted by molar-refractivity contribution is 5.76. The third kappa shape index (κ3) is 5.08. The first-order valence-corrected chi connectivity index (χ1v) is 10.7. The number of carbonyl (C=O) groups is 1. The summed E-state index contributed by atoms with van der Waals surface area (Å²) in [6.07, 6.45) is 5.56. The van der Waals surface area contributed by atoms with Crippen LogP contribution in [0.4, 0.5) is 5.82 Å². The van der Waals surface area contributed by atoms with Gasteiger partial charge in [-0.25, -0.2) is 14.6 Å². The van der Waals surface area contributed by atoms with E-state index in [0.29, 0.717) is 6.42 Å². The molecule has 0 saturated carbocycles. The SMILES string of the molecule is CC(c1ccc(-n2cncn2)cc1)N(C)CCC(=O)N1CCN(c2ccccn2)CC1. The Morgan fingerprint density at radius 2 is 1.87 bits per heavy atom. The normalized spacial score (nSPS) is 15.3. The smallest absolute Gasteiger partial charge is 0.223 e. The van der Waals surface area contributed by atoms with Gasteiger partial charge >= 0.3 is 0 Å². The summed E-state index contributed by atoms with van der Waals surface area (Å²) in [7, 11) is 2.07. The van der Waals surface area contributed by atoms with Crippen LogP contribution in [0.5, 0.6) is 0 Å². The summed E-state index contributed by atoms with van der Waals surface area (Å²) in [4.78, 5) is 27.6. The van der Waals surface area contributed by atoms with Crippen molar-refractivity contribution in [2.75, 3.05) is 44.7 Å². The lowest BCUT2D eigenvalue weighted by atomic mass is 10.1. The number of amides is 1. The highest BCUT2D eigenvalue weighted by Crippen LogP contribution is 2.21. The lowest BCUT2D eigenvalue weighted by Crippen LogP contribution is -2.49. The highest BCUT2D eigenvalue weighted by atomic mass is 16.2. The predicted molar refractivity (Wildman–Crippen MR) is 120 cm³/mol. The largest absolute Gasteiger partial charge is 0.353 e. The summed E-state index contributed by atoms with van der Waals surface area (Å²) in [5, 5.41) is 4.16.